The minimum absolute atomic E-state index is 0.189. The Morgan fingerprint density at radius 1 is 0.897 bits per heavy atom. The molecule has 206 valence electrons. The third-order valence-corrected chi connectivity index (χ3v) is 6.44. The topological polar surface area (TPSA) is 180 Å². The molecule has 1 unspecified atom stereocenters. The van der Waals surface area contributed by atoms with Crippen LogP contribution < -0.4 is 27.6 Å². The summed E-state index contributed by atoms with van der Waals surface area (Å²) in [6, 6.07) is 14.3. The summed E-state index contributed by atoms with van der Waals surface area (Å²) in [5.41, 5.74) is 16.5. The zero-order valence-corrected chi connectivity index (χ0v) is 22.0. The van der Waals surface area contributed by atoms with Gasteiger partial charge >= 0.3 is 0 Å². The molecule has 0 radical (unpaired) electrons. The molecule has 9 N–H and O–H groups in total. The fraction of sp³-hybridized carbons (Fsp3) is 0.321. The van der Waals surface area contributed by atoms with E-state index in [0.717, 1.165) is 32.9 Å². The minimum Gasteiger partial charge on any atom is -0.368 e. The van der Waals surface area contributed by atoms with Crippen LogP contribution in [-0.2, 0) is 32.1 Å². The zero-order chi connectivity index (χ0) is 28.0. The number of amides is 3. The summed E-state index contributed by atoms with van der Waals surface area (Å²) in [5, 5.41) is 7.87. The predicted molar refractivity (Wildman–Crippen MR) is 149 cm³/mol. The van der Waals surface area contributed by atoms with Crippen LogP contribution >= 0.6 is 0 Å². The lowest BCUT2D eigenvalue weighted by Gasteiger charge is -2.26. The number of fused-ring (bicyclic) bond motifs is 2. The van der Waals surface area contributed by atoms with Crippen LogP contribution in [0.3, 0.4) is 0 Å². The summed E-state index contributed by atoms with van der Waals surface area (Å²) in [5.74, 6) is -1.44. The number of nitrogens with two attached hydrogens (primary N) is 2. The Balaban J connectivity index is 1.56. The number of carbonyl (C=O) groups is 3. The van der Waals surface area contributed by atoms with Crippen LogP contribution in [0.25, 0.3) is 21.8 Å². The fourth-order valence-corrected chi connectivity index (χ4v) is 4.40. The van der Waals surface area contributed by atoms with Crippen LogP contribution in [0.15, 0.2) is 60.9 Å². The van der Waals surface area contributed by atoms with E-state index in [-0.39, 0.29) is 25.5 Å². The number of rotatable bonds is 13. The smallest absolute Gasteiger partial charge is 0.245 e. The summed E-state index contributed by atoms with van der Waals surface area (Å²) in [6.45, 7) is 3.05. The molecule has 3 amide bonds. The lowest BCUT2D eigenvalue weighted by Crippen LogP contribution is -2.58. The van der Waals surface area contributed by atoms with Crippen LogP contribution in [0.5, 0.6) is 0 Å². The molecule has 2 atom stereocenters. The first-order valence-corrected chi connectivity index (χ1v) is 12.7. The Hall–Kier alpha value is -4.19. The molecule has 4 rings (SSSR count). The predicted octanol–water partition coefficient (Wildman–Crippen LogP) is 1.15. The van der Waals surface area contributed by atoms with Crippen molar-refractivity contribution in [2.75, 3.05) is 13.2 Å². The summed E-state index contributed by atoms with van der Waals surface area (Å²) in [6.07, 6.45) is 4.45. The Labute approximate surface area is 226 Å². The monoisotopic (exact) mass is 533 g/mol. The Kier molecular flexibility index (Phi) is 8.65. The Morgan fingerprint density at radius 2 is 1.46 bits per heavy atom. The van der Waals surface area contributed by atoms with Gasteiger partial charge in [0.1, 0.15) is 12.6 Å². The number of hydrogen-bond donors (Lipinski definition) is 7. The van der Waals surface area contributed by atoms with Crippen molar-refractivity contribution in [3.63, 3.8) is 0 Å². The number of aromatic nitrogens is 2. The van der Waals surface area contributed by atoms with Crippen molar-refractivity contribution in [1.82, 2.24) is 26.1 Å². The maximum Gasteiger partial charge on any atom is 0.245 e. The molecule has 2 aromatic carbocycles. The molecule has 0 saturated carbocycles. The second kappa shape index (κ2) is 12.1. The first-order chi connectivity index (χ1) is 18.6. The van der Waals surface area contributed by atoms with Gasteiger partial charge in [-0.3, -0.25) is 19.2 Å². The highest BCUT2D eigenvalue weighted by atomic mass is 16.6. The van der Waals surface area contributed by atoms with Gasteiger partial charge < -0.3 is 32.1 Å². The number of H-pyrrole nitrogens is 2. The summed E-state index contributed by atoms with van der Waals surface area (Å²) in [7, 11) is 0. The number of aromatic amines is 2. The molecule has 11 nitrogen and oxygen atoms in total. The van der Waals surface area contributed by atoms with E-state index in [0.29, 0.717) is 6.42 Å². The van der Waals surface area contributed by atoms with Crippen molar-refractivity contribution in [3.05, 3.63) is 72.1 Å². The molecule has 2 aromatic heterocycles. The molecule has 4 aromatic rings. The van der Waals surface area contributed by atoms with E-state index in [2.05, 4.69) is 26.1 Å². The van der Waals surface area contributed by atoms with E-state index < -0.39 is 29.4 Å². The molecule has 0 aliphatic rings. The third-order valence-electron chi connectivity index (χ3n) is 6.44. The molecule has 0 bridgehead atoms. The van der Waals surface area contributed by atoms with Crippen LogP contribution in [0, 0.1) is 0 Å². The van der Waals surface area contributed by atoms with E-state index in [1.807, 2.05) is 60.9 Å². The largest absolute Gasteiger partial charge is 0.368 e. The van der Waals surface area contributed by atoms with Crippen molar-refractivity contribution in [2.45, 2.75) is 44.3 Å². The third kappa shape index (κ3) is 7.23. The number of hydrogen-bond acceptors (Lipinski definition) is 6. The van der Waals surface area contributed by atoms with E-state index in [9.17, 15) is 14.4 Å². The van der Waals surface area contributed by atoms with Gasteiger partial charge in [0.25, 0.3) is 0 Å². The Morgan fingerprint density at radius 3 is 2.03 bits per heavy atom. The molecule has 0 aliphatic carbocycles. The highest BCUT2D eigenvalue weighted by Gasteiger charge is 2.30. The average Bonchev–Trinajstić information content (AvgIpc) is 3.49. The highest BCUT2D eigenvalue weighted by molar-refractivity contribution is 5.92. The van der Waals surface area contributed by atoms with Gasteiger partial charge in [-0.15, -0.1) is 0 Å². The van der Waals surface area contributed by atoms with Crippen LogP contribution in [0.2, 0.25) is 0 Å². The van der Waals surface area contributed by atoms with Gasteiger partial charge in [-0.1, -0.05) is 36.4 Å². The Bertz CT molecular complexity index is 1450. The SMILES string of the molecule is CC(C)(N)C(=O)NC(Cc1c[nH]c2ccccc12)C(=O)N[C@@H](CNOCC(N)=O)Cc1c[nH]c2ccccc12. The molecule has 0 aliphatic heterocycles. The highest BCUT2D eigenvalue weighted by Crippen LogP contribution is 2.21. The zero-order valence-electron chi connectivity index (χ0n) is 22.0. The molecule has 0 saturated heterocycles. The summed E-state index contributed by atoms with van der Waals surface area (Å²) >= 11 is 0. The maximum atomic E-state index is 13.7. The van der Waals surface area contributed by atoms with E-state index in [4.69, 9.17) is 16.3 Å². The van der Waals surface area contributed by atoms with Gasteiger partial charge in [0.15, 0.2) is 0 Å². The van der Waals surface area contributed by atoms with Crippen molar-refractivity contribution in [2.24, 2.45) is 11.5 Å². The van der Waals surface area contributed by atoms with E-state index in [1.54, 1.807) is 13.8 Å². The van der Waals surface area contributed by atoms with Gasteiger partial charge in [-0.2, -0.15) is 5.48 Å². The number of primary amides is 1. The molecular weight excluding hydrogens is 498 g/mol. The number of hydroxylamine groups is 1. The van der Waals surface area contributed by atoms with Crippen molar-refractivity contribution >= 4 is 39.5 Å². The standard InChI is InChI=1S/C28H35N7O4/c1-28(2,30)27(38)35-24(12-18-14-32-23-10-6-4-8-21(18)23)26(37)34-19(15-33-39-16-25(29)36)11-17-13-31-22-9-5-3-7-20(17)22/h3-10,13-14,19,24,31-33H,11-12,15-16,30H2,1-2H3,(H2,29,36)(H,34,37)(H,35,38)/t19-,24?/m1/s1. The number of para-hydroxylation sites is 2. The van der Waals surface area contributed by atoms with Crippen LogP contribution in [-0.4, -0.2) is 58.5 Å². The summed E-state index contributed by atoms with van der Waals surface area (Å²) < 4.78 is 0. The van der Waals surface area contributed by atoms with Crippen molar-refractivity contribution < 1.29 is 19.2 Å². The van der Waals surface area contributed by atoms with Crippen molar-refractivity contribution in [3.8, 4) is 0 Å². The number of nitrogens with one attached hydrogen (secondary N) is 5. The average molecular weight is 534 g/mol. The summed E-state index contributed by atoms with van der Waals surface area (Å²) in [4.78, 5) is 49.2. The van der Waals surface area contributed by atoms with Gasteiger partial charge in [0.2, 0.25) is 17.7 Å². The first-order valence-electron chi connectivity index (χ1n) is 12.7. The molecule has 11 heteroatoms. The van der Waals surface area contributed by atoms with Gasteiger partial charge in [0.05, 0.1) is 5.54 Å². The molecular formula is C28H35N7O4. The van der Waals surface area contributed by atoms with Crippen molar-refractivity contribution in [1.29, 1.82) is 0 Å². The lowest BCUT2D eigenvalue weighted by atomic mass is 10.0. The van der Waals surface area contributed by atoms with Gasteiger partial charge in [-0.25, -0.2) is 0 Å². The van der Waals surface area contributed by atoms with Gasteiger partial charge in [-0.05, 0) is 43.5 Å². The molecule has 0 fully saturated rings. The van der Waals surface area contributed by atoms with E-state index >= 15 is 0 Å². The second-order valence-corrected chi connectivity index (χ2v) is 10.2. The maximum absolute atomic E-state index is 13.7. The fourth-order valence-electron chi connectivity index (χ4n) is 4.40. The van der Waals surface area contributed by atoms with Crippen LogP contribution in [0.1, 0.15) is 25.0 Å². The first kappa shape index (κ1) is 27.8. The molecule has 0 spiro atoms. The molecule has 2 heterocycles. The van der Waals surface area contributed by atoms with E-state index in [1.165, 1.54) is 0 Å². The molecule has 39 heavy (non-hydrogen) atoms. The number of carbonyl (C=O) groups excluding carboxylic acids is 3. The second-order valence-electron chi connectivity index (χ2n) is 10.2. The number of benzene rings is 2. The minimum atomic E-state index is -1.17. The van der Waals surface area contributed by atoms with Gasteiger partial charge in [0, 0.05) is 53.2 Å². The van der Waals surface area contributed by atoms with Crippen LogP contribution in [0.4, 0.5) is 0 Å². The lowest BCUT2D eigenvalue weighted by molar-refractivity contribution is -0.131. The normalized spacial score (nSPS) is 13.3. The quantitative estimate of drug-likeness (QED) is 0.1000.